The Morgan fingerprint density at radius 2 is 2.32 bits per heavy atom. The van der Waals surface area contributed by atoms with E-state index in [1.165, 1.54) is 25.3 Å². The summed E-state index contributed by atoms with van der Waals surface area (Å²) in [5.74, 6) is 2.25. The summed E-state index contributed by atoms with van der Waals surface area (Å²) in [6, 6.07) is 4.18. The van der Waals surface area contributed by atoms with Gasteiger partial charge in [-0.25, -0.2) is 0 Å². The highest BCUT2D eigenvalue weighted by Crippen LogP contribution is 2.28. The molecule has 7 nitrogen and oxygen atoms in total. The standard InChI is InChI=1S/C12H13N3O4/c1-3-6-13-8-12(16)14-10-5-4-9(19-2)7-11(10)15(17)18/h1,4-5,7,13H,6,8H2,2H3,(H,14,16). The zero-order chi connectivity index (χ0) is 14.3. The van der Waals surface area contributed by atoms with E-state index >= 15 is 0 Å². The molecule has 1 aromatic rings. The lowest BCUT2D eigenvalue weighted by Gasteiger charge is -2.07. The smallest absolute Gasteiger partial charge is 0.296 e. The molecule has 0 fully saturated rings. The molecule has 2 N–H and O–H groups in total. The molecule has 0 spiro atoms. The first-order valence-corrected chi connectivity index (χ1v) is 5.35. The first-order valence-electron chi connectivity index (χ1n) is 5.35. The van der Waals surface area contributed by atoms with Crippen LogP contribution in [0.4, 0.5) is 11.4 Å². The third kappa shape index (κ3) is 4.29. The van der Waals surface area contributed by atoms with E-state index in [1.54, 1.807) is 0 Å². The summed E-state index contributed by atoms with van der Waals surface area (Å²) in [5, 5.41) is 16.0. The Kier molecular flexibility index (Phi) is 5.32. The van der Waals surface area contributed by atoms with E-state index in [0.717, 1.165) is 0 Å². The monoisotopic (exact) mass is 263 g/mol. The lowest BCUT2D eigenvalue weighted by Crippen LogP contribution is -2.28. The molecule has 0 radical (unpaired) electrons. The molecule has 0 heterocycles. The Morgan fingerprint density at radius 1 is 1.58 bits per heavy atom. The fraction of sp³-hybridized carbons (Fsp3) is 0.250. The van der Waals surface area contributed by atoms with Crippen molar-refractivity contribution in [3.63, 3.8) is 0 Å². The summed E-state index contributed by atoms with van der Waals surface area (Å²) < 4.78 is 4.89. The topological polar surface area (TPSA) is 93.5 Å². The SMILES string of the molecule is C#CCNCC(=O)Nc1ccc(OC)cc1[N+](=O)[O-]. The number of nitro groups is 1. The van der Waals surface area contributed by atoms with Gasteiger partial charge in [0.05, 0.1) is 31.2 Å². The molecule has 1 amide bonds. The number of carbonyl (C=O) groups excluding carboxylic acids is 1. The zero-order valence-corrected chi connectivity index (χ0v) is 10.3. The van der Waals surface area contributed by atoms with Crippen LogP contribution >= 0.6 is 0 Å². The fourth-order valence-corrected chi connectivity index (χ4v) is 1.34. The van der Waals surface area contributed by atoms with Crippen molar-refractivity contribution in [1.82, 2.24) is 5.32 Å². The third-order valence-corrected chi connectivity index (χ3v) is 2.19. The van der Waals surface area contributed by atoms with Gasteiger partial charge in [-0.15, -0.1) is 6.42 Å². The minimum atomic E-state index is -0.590. The second kappa shape index (κ2) is 6.98. The van der Waals surface area contributed by atoms with Crippen molar-refractivity contribution in [3.8, 4) is 18.1 Å². The van der Waals surface area contributed by atoms with Gasteiger partial charge in [0, 0.05) is 0 Å². The molecular formula is C12H13N3O4. The quantitative estimate of drug-likeness (QED) is 0.342. The average Bonchev–Trinajstić information content (AvgIpc) is 2.39. The summed E-state index contributed by atoms with van der Waals surface area (Å²) in [5.41, 5.74) is -0.122. The average molecular weight is 263 g/mol. The van der Waals surface area contributed by atoms with Crippen molar-refractivity contribution in [3.05, 3.63) is 28.3 Å². The van der Waals surface area contributed by atoms with Crippen molar-refractivity contribution in [2.75, 3.05) is 25.5 Å². The molecule has 0 unspecified atom stereocenters. The largest absolute Gasteiger partial charge is 0.496 e. The number of hydrogen-bond acceptors (Lipinski definition) is 5. The van der Waals surface area contributed by atoms with Gasteiger partial charge in [0.1, 0.15) is 11.4 Å². The number of benzene rings is 1. The van der Waals surface area contributed by atoms with Crippen molar-refractivity contribution in [2.45, 2.75) is 0 Å². The fourth-order valence-electron chi connectivity index (χ4n) is 1.34. The Morgan fingerprint density at radius 3 is 2.89 bits per heavy atom. The second-order valence-electron chi connectivity index (χ2n) is 3.50. The van der Waals surface area contributed by atoms with Crippen LogP contribution < -0.4 is 15.4 Å². The molecule has 0 aliphatic heterocycles. The minimum Gasteiger partial charge on any atom is -0.496 e. The van der Waals surface area contributed by atoms with Crippen molar-refractivity contribution in [2.24, 2.45) is 0 Å². The third-order valence-electron chi connectivity index (χ3n) is 2.19. The van der Waals surface area contributed by atoms with E-state index in [0.29, 0.717) is 5.75 Å². The number of rotatable bonds is 6. The van der Waals surface area contributed by atoms with Gasteiger partial charge in [0.15, 0.2) is 0 Å². The molecule has 0 aliphatic rings. The first kappa shape index (κ1) is 14.5. The Bertz CT molecular complexity index is 522. The Hall–Kier alpha value is -2.59. The van der Waals surface area contributed by atoms with E-state index in [-0.39, 0.29) is 24.5 Å². The highest BCUT2D eigenvalue weighted by atomic mass is 16.6. The van der Waals surface area contributed by atoms with Crippen LogP contribution in [-0.2, 0) is 4.79 Å². The molecule has 100 valence electrons. The van der Waals surface area contributed by atoms with Gasteiger partial charge in [0.25, 0.3) is 5.69 Å². The lowest BCUT2D eigenvalue weighted by molar-refractivity contribution is -0.384. The molecule has 1 rings (SSSR count). The first-order chi connectivity index (χ1) is 9.08. The number of carbonyl (C=O) groups is 1. The van der Waals surface area contributed by atoms with E-state index < -0.39 is 10.8 Å². The number of nitro benzene ring substituents is 1. The summed E-state index contributed by atoms with van der Waals surface area (Å²) in [4.78, 5) is 21.8. The number of amides is 1. The van der Waals surface area contributed by atoms with Gasteiger partial charge in [0.2, 0.25) is 5.91 Å². The predicted molar refractivity (Wildman–Crippen MR) is 70.0 cm³/mol. The highest BCUT2D eigenvalue weighted by molar-refractivity contribution is 5.94. The zero-order valence-electron chi connectivity index (χ0n) is 10.3. The molecule has 0 bridgehead atoms. The summed E-state index contributed by atoms with van der Waals surface area (Å²) in [7, 11) is 1.40. The highest BCUT2D eigenvalue weighted by Gasteiger charge is 2.16. The molecule has 0 saturated heterocycles. The van der Waals surface area contributed by atoms with E-state index in [4.69, 9.17) is 11.2 Å². The van der Waals surface area contributed by atoms with Crippen LogP contribution in [0.3, 0.4) is 0 Å². The second-order valence-corrected chi connectivity index (χ2v) is 3.50. The maximum atomic E-state index is 11.5. The van der Waals surface area contributed by atoms with Crippen LogP contribution in [0.15, 0.2) is 18.2 Å². The van der Waals surface area contributed by atoms with Crippen molar-refractivity contribution >= 4 is 17.3 Å². The normalized spacial score (nSPS) is 9.47. The minimum absolute atomic E-state index is 0.0205. The van der Waals surface area contributed by atoms with Gasteiger partial charge < -0.3 is 10.1 Å². The number of nitrogens with zero attached hydrogens (tertiary/aromatic N) is 1. The van der Waals surface area contributed by atoms with Crippen LogP contribution in [0.2, 0.25) is 0 Å². The summed E-state index contributed by atoms with van der Waals surface area (Å²) in [6.07, 6.45) is 5.02. The van der Waals surface area contributed by atoms with Crippen LogP contribution in [-0.4, -0.2) is 31.0 Å². The molecule has 0 saturated carbocycles. The number of ether oxygens (including phenoxy) is 1. The molecule has 0 atom stereocenters. The molecule has 1 aromatic carbocycles. The van der Waals surface area contributed by atoms with Crippen LogP contribution in [0.1, 0.15) is 0 Å². The lowest BCUT2D eigenvalue weighted by atomic mass is 10.2. The van der Waals surface area contributed by atoms with Crippen molar-refractivity contribution in [1.29, 1.82) is 0 Å². The number of terminal acetylenes is 1. The summed E-state index contributed by atoms with van der Waals surface area (Å²) >= 11 is 0. The molecule has 0 aliphatic carbocycles. The molecule has 7 heteroatoms. The maximum Gasteiger partial charge on any atom is 0.296 e. The summed E-state index contributed by atoms with van der Waals surface area (Å²) in [6.45, 7) is 0.228. The molecule has 19 heavy (non-hydrogen) atoms. The Labute approximate surface area is 110 Å². The molecular weight excluding hydrogens is 250 g/mol. The molecule has 0 aromatic heterocycles. The number of nitrogens with one attached hydrogen (secondary N) is 2. The number of hydrogen-bond donors (Lipinski definition) is 2. The van der Waals surface area contributed by atoms with Crippen LogP contribution in [0.5, 0.6) is 5.75 Å². The van der Waals surface area contributed by atoms with Gasteiger partial charge in [-0.2, -0.15) is 0 Å². The van der Waals surface area contributed by atoms with E-state index in [1.807, 2.05) is 0 Å². The van der Waals surface area contributed by atoms with Crippen LogP contribution in [0, 0.1) is 22.5 Å². The van der Waals surface area contributed by atoms with Gasteiger partial charge in [-0.05, 0) is 12.1 Å². The van der Waals surface area contributed by atoms with E-state index in [2.05, 4.69) is 16.6 Å². The van der Waals surface area contributed by atoms with Gasteiger partial charge >= 0.3 is 0 Å². The maximum absolute atomic E-state index is 11.5. The van der Waals surface area contributed by atoms with E-state index in [9.17, 15) is 14.9 Å². The van der Waals surface area contributed by atoms with Gasteiger partial charge in [-0.3, -0.25) is 20.2 Å². The Balaban J connectivity index is 2.80. The van der Waals surface area contributed by atoms with Crippen LogP contribution in [0.25, 0.3) is 0 Å². The predicted octanol–water partition coefficient (Wildman–Crippen LogP) is 0.765. The number of methoxy groups -OCH3 is 1. The van der Waals surface area contributed by atoms with Crippen molar-refractivity contribution < 1.29 is 14.5 Å². The number of anilines is 1. The van der Waals surface area contributed by atoms with Gasteiger partial charge in [-0.1, -0.05) is 5.92 Å².